The molecule has 2 N–H and O–H groups in total. The molecule has 0 aliphatic rings. The van der Waals surface area contributed by atoms with Crippen LogP contribution in [0.4, 0.5) is 0 Å². The summed E-state index contributed by atoms with van der Waals surface area (Å²) in [5.74, 6) is -1.50. The smallest absolute Gasteiger partial charge is 0.156 e. The third-order valence-electron chi connectivity index (χ3n) is 0.408. The van der Waals surface area contributed by atoms with Crippen molar-refractivity contribution in [2.45, 2.75) is 33.5 Å². The first-order chi connectivity index (χ1) is 4.41. The number of aliphatic hydroxyl groups is 2. The van der Waals surface area contributed by atoms with Gasteiger partial charge in [-0.1, -0.05) is 0 Å². The summed E-state index contributed by atoms with van der Waals surface area (Å²) in [4.78, 5) is 0. The van der Waals surface area contributed by atoms with Crippen LogP contribution < -0.4 is 0 Å². The van der Waals surface area contributed by atoms with Crippen LogP contribution in [0.25, 0.3) is 0 Å². The molecule has 0 fully saturated rings. The van der Waals surface area contributed by atoms with Crippen LogP contribution in [-0.2, 0) is 4.74 Å². The minimum absolute atomic E-state index is 0.844. The average Bonchev–Trinajstić information content (AvgIpc) is 1.63. The van der Waals surface area contributed by atoms with Gasteiger partial charge in [-0.2, -0.15) is 0 Å². The van der Waals surface area contributed by atoms with Crippen LogP contribution >= 0.6 is 0 Å². The van der Waals surface area contributed by atoms with Crippen molar-refractivity contribution in [3.05, 3.63) is 0 Å². The van der Waals surface area contributed by atoms with Gasteiger partial charge >= 0.3 is 0 Å². The Morgan fingerprint density at radius 1 is 1.10 bits per heavy atom. The lowest BCUT2D eigenvalue weighted by molar-refractivity contribution is -0.127. The molecule has 0 aromatic heterocycles. The van der Waals surface area contributed by atoms with Crippen LogP contribution in [0.3, 0.4) is 0 Å². The van der Waals surface area contributed by atoms with Crippen LogP contribution in [0.1, 0.15) is 27.7 Å². The van der Waals surface area contributed by atoms with Crippen LogP contribution in [0.2, 0.25) is 0 Å². The minimum Gasteiger partial charge on any atom is -0.382 e. The molecule has 0 aromatic rings. The zero-order valence-corrected chi connectivity index (χ0v) is 7.22. The van der Waals surface area contributed by atoms with Gasteiger partial charge in [0.2, 0.25) is 0 Å². The van der Waals surface area contributed by atoms with Crippen molar-refractivity contribution in [1.29, 1.82) is 0 Å². The predicted molar refractivity (Wildman–Crippen MR) is 40.7 cm³/mol. The molecule has 0 heterocycles. The molecule has 0 aliphatic carbocycles. The van der Waals surface area contributed by atoms with E-state index in [1.165, 1.54) is 13.8 Å². The molecule has 0 rings (SSSR count). The Morgan fingerprint density at radius 3 is 1.30 bits per heavy atom. The van der Waals surface area contributed by atoms with Gasteiger partial charge < -0.3 is 14.9 Å². The van der Waals surface area contributed by atoms with Gasteiger partial charge in [0, 0.05) is 13.2 Å². The lowest BCUT2D eigenvalue weighted by Gasteiger charge is -2.03. The van der Waals surface area contributed by atoms with E-state index < -0.39 is 5.79 Å². The maximum atomic E-state index is 8.08. The summed E-state index contributed by atoms with van der Waals surface area (Å²) in [7, 11) is 0. The molecule has 0 saturated heterocycles. The first-order valence-corrected chi connectivity index (χ1v) is 3.44. The summed E-state index contributed by atoms with van der Waals surface area (Å²) >= 11 is 0. The average molecular weight is 150 g/mol. The highest BCUT2D eigenvalue weighted by Crippen LogP contribution is 1.88. The van der Waals surface area contributed by atoms with Crippen LogP contribution in [-0.4, -0.2) is 29.2 Å². The van der Waals surface area contributed by atoms with Crippen molar-refractivity contribution in [3.63, 3.8) is 0 Å². The summed E-state index contributed by atoms with van der Waals surface area (Å²) < 4.78 is 4.83. The molecular formula is C7H18O3. The first kappa shape index (κ1) is 12.5. The SMILES string of the molecule is CC(C)(O)O.CCOCC. The lowest BCUT2D eigenvalue weighted by atomic mass is 10.4. The molecule has 3 heteroatoms. The number of rotatable bonds is 2. The Balaban J connectivity index is 0. The molecule has 0 aromatic carbocycles. The van der Waals surface area contributed by atoms with Crippen molar-refractivity contribution in [3.8, 4) is 0 Å². The van der Waals surface area contributed by atoms with E-state index >= 15 is 0 Å². The molecule has 0 bridgehead atoms. The topological polar surface area (TPSA) is 49.7 Å². The van der Waals surface area contributed by atoms with E-state index in [0.717, 1.165) is 13.2 Å². The molecule has 0 saturated carbocycles. The van der Waals surface area contributed by atoms with Crippen molar-refractivity contribution in [2.75, 3.05) is 13.2 Å². The lowest BCUT2D eigenvalue weighted by Crippen LogP contribution is -2.15. The molecule has 0 atom stereocenters. The Kier molecular flexibility index (Phi) is 8.77. The van der Waals surface area contributed by atoms with E-state index in [2.05, 4.69) is 0 Å². The van der Waals surface area contributed by atoms with E-state index in [4.69, 9.17) is 14.9 Å². The maximum absolute atomic E-state index is 8.08. The highest BCUT2D eigenvalue weighted by molar-refractivity contribution is 4.37. The fourth-order valence-electron chi connectivity index (χ4n) is 0.204. The molecule has 64 valence electrons. The molecule has 0 radical (unpaired) electrons. The van der Waals surface area contributed by atoms with Gasteiger partial charge in [0.15, 0.2) is 5.79 Å². The summed E-state index contributed by atoms with van der Waals surface area (Å²) in [6.07, 6.45) is 0. The van der Waals surface area contributed by atoms with E-state index in [0.29, 0.717) is 0 Å². The molecule has 0 aliphatic heterocycles. The predicted octanol–water partition coefficient (Wildman–Crippen LogP) is 0.750. The van der Waals surface area contributed by atoms with Crippen LogP contribution in [0.15, 0.2) is 0 Å². The summed E-state index contributed by atoms with van der Waals surface area (Å²) in [6, 6.07) is 0. The number of ether oxygens (including phenoxy) is 1. The first-order valence-electron chi connectivity index (χ1n) is 3.44. The van der Waals surface area contributed by atoms with Crippen molar-refractivity contribution in [1.82, 2.24) is 0 Å². The van der Waals surface area contributed by atoms with Crippen molar-refractivity contribution >= 4 is 0 Å². The van der Waals surface area contributed by atoms with Gasteiger partial charge in [-0.3, -0.25) is 0 Å². The van der Waals surface area contributed by atoms with Crippen molar-refractivity contribution < 1.29 is 14.9 Å². The Bertz CT molecular complexity index is 48.4. The van der Waals surface area contributed by atoms with Crippen molar-refractivity contribution in [2.24, 2.45) is 0 Å². The number of hydrogen-bond acceptors (Lipinski definition) is 3. The molecule has 0 spiro atoms. The van der Waals surface area contributed by atoms with Crippen LogP contribution in [0, 0.1) is 0 Å². The second kappa shape index (κ2) is 6.99. The minimum atomic E-state index is -1.50. The summed E-state index contributed by atoms with van der Waals surface area (Å²) in [5.41, 5.74) is 0. The van der Waals surface area contributed by atoms with Gasteiger partial charge in [0.05, 0.1) is 0 Å². The third-order valence-corrected chi connectivity index (χ3v) is 0.408. The molecule has 0 amide bonds. The highest BCUT2D eigenvalue weighted by atomic mass is 16.5. The Morgan fingerprint density at radius 2 is 1.30 bits per heavy atom. The third kappa shape index (κ3) is 106. The largest absolute Gasteiger partial charge is 0.382 e. The van der Waals surface area contributed by atoms with E-state index in [9.17, 15) is 0 Å². The highest BCUT2D eigenvalue weighted by Gasteiger charge is 2.00. The second-order valence-electron chi connectivity index (χ2n) is 2.28. The summed E-state index contributed by atoms with van der Waals surface area (Å²) in [6.45, 7) is 8.26. The van der Waals surface area contributed by atoms with Crippen LogP contribution in [0.5, 0.6) is 0 Å². The van der Waals surface area contributed by atoms with Gasteiger partial charge in [-0.15, -0.1) is 0 Å². The molecule has 3 nitrogen and oxygen atoms in total. The van der Waals surface area contributed by atoms with E-state index in [1.807, 2.05) is 13.8 Å². The fraction of sp³-hybridized carbons (Fsp3) is 1.00. The summed E-state index contributed by atoms with van der Waals surface area (Å²) in [5, 5.41) is 16.2. The molecule has 0 unspecified atom stereocenters. The zero-order chi connectivity index (χ0) is 8.62. The van der Waals surface area contributed by atoms with E-state index in [-0.39, 0.29) is 0 Å². The standard InChI is InChI=1S/C4H10O.C3H8O2/c1-3-5-4-2;1-3(2,4)5/h3-4H2,1-2H3;4-5H,1-2H3. The Labute approximate surface area is 62.6 Å². The normalized spacial score (nSPS) is 10.2. The quantitative estimate of drug-likeness (QED) is 0.571. The van der Waals surface area contributed by atoms with Gasteiger partial charge in [-0.05, 0) is 27.7 Å². The monoisotopic (exact) mass is 150 g/mol. The van der Waals surface area contributed by atoms with E-state index in [1.54, 1.807) is 0 Å². The maximum Gasteiger partial charge on any atom is 0.156 e. The van der Waals surface area contributed by atoms with Gasteiger partial charge in [0.25, 0.3) is 0 Å². The van der Waals surface area contributed by atoms with Gasteiger partial charge in [-0.25, -0.2) is 0 Å². The second-order valence-corrected chi connectivity index (χ2v) is 2.28. The zero-order valence-electron chi connectivity index (χ0n) is 7.22. The molecule has 10 heavy (non-hydrogen) atoms. The number of hydrogen-bond donors (Lipinski definition) is 2. The Hall–Kier alpha value is -0.120. The molecular weight excluding hydrogens is 132 g/mol. The fourth-order valence-corrected chi connectivity index (χ4v) is 0.204. The van der Waals surface area contributed by atoms with Gasteiger partial charge in [0.1, 0.15) is 0 Å².